The molecule has 1 N–H and O–H groups in total. The largest absolute Gasteiger partial charge is 0.507 e. The highest BCUT2D eigenvalue weighted by Gasteiger charge is 2.10. The van der Waals surface area contributed by atoms with E-state index in [9.17, 15) is 9.50 Å². The number of ether oxygens (including phenoxy) is 1. The zero-order valence-corrected chi connectivity index (χ0v) is 18.2. The number of fused-ring (bicyclic) bond motifs is 1. The normalized spacial score (nSPS) is 11.6. The minimum Gasteiger partial charge on any atom is -0.507 e. The third kappa shape index (κ3) is 5.10. The van der Waals surface area contributed by atoms with E-state index in [1.165, 1.54) is 0 Å². The van der Waals surface area contributed by atoms with Crippen LogP contribution >= 0.6 is 27.3 Å². The van der Waals surface area contributed by atoms with Crippen LogP contribution in [0.1, 0.15) is 16.1 Å². The number of phenols is 1. The van der Waals surface area contributed by atoms with Crippen molar-refractivity contribution in [1.82, 2.24) is 4.98 Å². The van der Waals surface area contributed by atoms with Gasteiger partial charge in [-0.2, -0.15) is 0 Å². The fourth-order valence-corrected chi connectivity index (χ4v) is 4.12. The second kappa shape index (κ2) is 9.49. The van der Waals surface area contributed by atoms with Crippen LogP contribution in [0.5, 0.6) is 5.75 Å². The Kier molecular flexibility index (Phi) is 7.04. The van der Waals surface area contributed by atoms with Crippen LogP contribution in [0.2, 0.25) is 0 Å². The summed E-state index contributed by atoms with van der Waals surface area (Å²) in [6.45, 7) is 2.96. The second-order valence-corrected chi connectivity index (χ2v) is 8.34. The number of aromatic hydroxyl groups is 1. The number of rotatable bonds is 8. The highest BCUT2D eigenvalue weighted by Crippen LogP contribution is 2.31. The topological polar surface area (TPSA) is 45.6 Å². The van der Waals surface area contributed by atoms with Gasteiger partial charge in [-0.05, 0) is 64.3 Å². The second-order valence-electron chi connectivity index (χ2n) is 6.43. The summed E-state index contributed by atoms with van der Waals surface area (Å²) >= 11 is 4.96. The van der Waals surface area contributed by atoms with Crippen molar-refractivity contribution >= 4 is 55.3 Å². The third-order valence-electron chi connectivity index (χ3n) is 4.32. The van der Waals surface area contributed by atoms with Crippen LogP contribution in [0.15, 0.2) is 34.8 Å². The zero-order chi connectivity index (χ0) is 20.1. The van der Waals surface area contributed by atoms with Crippen molar-refractivity contribution in [1.29, 1.82) is 0 Å². The summed E-state index contributed by atoms with van der Waals surface area (Å²) in [6.07, 6.45) is 3.96. The molecular weight excluding hydrogens is 443 g/mol. The molecule has 7 heteroatoms. The molecule has 0 fully saturated rings. The average Bonchev–Trinajstić information content (AvgIpc) is 3.07. The molecule has 0 bridgehead atoms. The number of thiazole rings is 1. The molecule has 0 spiro atoms. The van der Waals surface area contributed by atoms with Crippen molar-refractivity contribution in [2.45, 2.75) is 6.92 Å². The summed E-state index contributed by atoms with van der Waals surface area (Å²) < 4.78 is 19.1. The first-order valence-electron chi connectivity index (χ1n) is 8.90. The van der Waals surface area contributed by atoms with Crippen LogP contribution in [0.25, 0.3) is 22.4 Å². The number of benzene rings is 2. The summed E-state index contributed by atoms with van der Waals surface area (Å²) in [6, 6.07) is 9.61. The van der Waals surface area contributed by atoms with Gasteiger partial charge in [-0.1, -0.05) is 12.1 Å². The van der Waals surface area contributed by atoms with E-state index in [0.717, 1.165) is 32.0 Å². The van der Waals surface area contributed by atoms with Crippen molar-refractivity contribution in [2.75, 3.05) is 38.4 Å². The highest BCUT2D eigenvalue weighted by molar-refractivity contribution is 9.10. The Bertz CT molecular complexity index is 990. The maximum atomic E-state index is 12.1. The van der Waals surface area contributed by atoms with Gasteiger partial charge >= 0.3 is 0 Å². The van der Waals surface area contributed by atoms with Crippen molar-refractivity contribution in [2.24, 2.45) is 0 Å². The first kappa shape index (κ1) is 20.8. The van der Waals surface area contributed by atoms with Gasteiger partial charge in [-0.3, -0.25) is 0 Å². The van der Waals surface area contributed by atoms with Gasteiger partial charge in [0.15, 0.2) is 0 Å². The first-order valence-corrected chi connectivity index (χ1v) is 10.5. The van der Waals surface area contributed by atoms with E-state index in [1.807, 2.05) is 31.3 Å². The molecule has 4 nitrogen and oxygen atoms in total. The summed E-state index contributed by atoms with van der Waals surface area (Å²) in [7, 11) is 2.01. The molecule has 2 aromatic carbocycles. The molecule has 0 amide bonds. The van der Waals surface area contributed by atoms with E-state index < -0.39 is 6.67 Å². The minimum absolute atomic E-state index is 0.147. The van der Waals surface area contributed by atoms with E-state index in [0.29, 0.717) is 17.6 Å². The lowest BCUT2D eigenvalue weighted by molar-refractivity contribution is 0.125. The first-order chi connectivity index (χ1) is 13.5. The van der Waals surface area contributed by atoms with E-state index in [2.05, 4.69) is 39.9 Å². The number of halogens is 2. The number of alkyl halides is 1. The number of likely N-dealkylation sites (N-methyl/N-ethyl adjacent to an activating group) is 1. The molecular formula is C21H22BrFN2O2S. The van der Waals surface area contributed by atoms with Crippen LogP contribution in [0.4, 0.5) is 10.1 Å². The van der Waals surface area contributed by atoms with Gasteiger partial charge in [0.25, 0.3) is 0 Å². The number of anilines is 1. The van der Waals surface area contributed by atoms with E-state index >= 15 is 0 Å². The molecule has 28 heavy (non-hydrogen) atoms. The molecule has 3 rings (SSSR count). The fraction of sp³-hybridized carbons (Fsp3) is 0.286. The molecule has 0 aliphatic heterocycles. The molecule has 0 unspecified atom stereocenters. The Balaban J connectivity index is 1.77. The number of nitrogens with zero attached hydrogens (tertiary/aromatic N) is 2. The molecule has 1 heterocycles. The molecule has 3 aromatic rings. The monoisotopic (exact) mass is 464 g/mol. The number of aryl methyl sites for hydroxylation is 1. The SMILES string of the molecule is Cc1cc2nc(/C=C/c3ccc(O)c(Br)c3)sc2cc1N(C)CCOCCF. The summed E-state index contributed by atoms with van der Waals surface area (Å²) in [5.74, 6) is 0.222. The smallest absolute Gasteiger partial charge is 0.129 e. The van der Waals surface area contributed by atoms with Crippen molar-refractivity contribution in [3.05, 3.63) is 50.9 Å². The number of aromatic nitrogens is 1. The van der Waals surface area contributed by atoms with Gasteiger partial charge in [0.2, 0.25) is 0 Å². The van der Waals surface area contributed by atoms with E-state index in [-0.39, 0.29) is 12.4 Å². The van der Waals surface area contributed by atoms with Gasteiger partial charge in [0.1, 0.15) is 17.4 Å². The highest BCUT2D eigenvalue weighted by atomic mass is 79.9. The lowest BCUT2D eigenvalue weighted by Crippen LogP contribution is -2.23. The number of hydrogen-bond donors (Lipinski definition) is 1. The van der Waals surface area contributed by atoms with Gasteiger partial charge < -0.3 is 14.7 Å². The van der Waals surface area contributed by atoms with Gasteiger partial charge in [-0.25, -0.2) is 9.37 Å². The Morgan fingerprint density at radius 2 is 2.07 bits per heavy atom. The van der Waals surface area contributed by atoms with Gasteiger partial charge in [0.05, 0.1) is 27.9 Å². The molecule has 0 atom stereocenters. The van der Waals surface area contributed by atoms with Crippen LogP contribution in [-0.2, 0) is 4.74 Å². The molecule has 0 radical (unpaired) electrons. The van der Waals surface area contributed by atoms with Gasteiger partial charge in [0, 0.05) is 19.3 Å². The Hall–Kier alpha value is -1.96. The van der Waals surface area contributed by atoms with Crippen LogP contribution in [-0.4, -0.2) is 43.6 Å². The lowest BCUT2D eigenvalue weighted by atomic mass is 10.1. The molecule has 1 aromatic heterocycles. The molecule has 0 saturated carbocycles. The quantitative estimate of drug-likeness (QED) is 0.436. The molecule has 0 saturated heterocycles. The fourth-order valence-electron chi connectivity index (χ4n) is 2.84. The average molecular weight is 465 g/mol. The van der Waals surface area contributed by atoms with Crippen LogP contribution in [0.3, 0.4) is 0 Å². The summed E-state index contributed by atoms with van der Waals surface area (Å²) in [5.41, 5.74) is 4.22. The predicted octanol–water partition coefficient (Wildman–Crippen LogP) is 5.67. The Morgan fingerprint density at radius 1 is 1.25 bits per heavy atom. The predicted molar refractivity (Wildman–Crippen MR) is 119 cm³/mol. The lowest BCUT2D eigenvalue weighted by Gasteiger charge is -2.21. The maximum Gasteiger partial charge on any atom is 0.129 e. The molecule has 0 aliphatic carbocycles. The Labute approximate surface area is 176 Å². The van der Waals surface area contributed by atoms with E-state index in [4.69, 9.17) is 9.72 Å². The number of phenolic OH excluding ortho intramolecular Hbond substituents is 1. The van der Waals surface area contributed by atoms with Crippen molar-refractivity contribution in [3.8, 4) is 5.75 Å². The van der Waals surface area contributed by atoms with Crippen molar-refractivity contribution < 1.29 is 14.2 Å². The maximum absolute atomic E-state index is 12.1. The molecule has 148 valence electrons. The third-order valence-corrected chi connectivity index (χ3v) is 5.94. The van der Waals surface area contributed by atoms with Crippen molar-refractivity contribution in [3.63, 3.8) is 0 Å². The standard InChI is InChI=1S/C21H22BrFN2O2S/c1-14-11-17-20(13-18(14)25(2)8-10-27-9-7-23)28-21(24-17)6-4-15-3-5-19(26)16(22)12-15/h3-6,11-13,26H,7-10H2,1-2H3/b6-4+. The summed E-state index contributed by atoms with van der Waals surface area (Å²) in [4.78, 5) is 6.82. The zero-order valence-electron chi connectivity index (χ0n) is 15.8. The van der Waals surface area contributed by atoms with Crippen LogP contribution < -0.4 is 4.90 Å². The van der Waals surface area contributed by atoms with Gasteiger partial charge in [-0.15, -0.1) is 11.3 Å². The number of hydrogen-bond acceptors (Lipinski definition) is 5. The van der Waals surface area contributed by atoms with Crippen LogP contribution in [0, 0.1) is 6.92 Å². The minimum atomic E-state index is -0.451. The van der Waals surface area contributed by atoms with E-state index in [1.54, 1.807) is 17.4 Å². The molecule has 0 aliphatic rings. The summed E-state index contributed by atoms with van der Waals surface area (Å²) in [5, 5.41) is 10.5. The Morgan fingerprint density at radius 3 is 2.82 bits per heavy atom.